The molecule has 1 saturated heterocycles. The predicted molar refractivity (Wildman–Crippen MR) is 70.3 cm³/mol. The van der Waals surface area contributed by atoms with Gasteiger partial charge in [-0.15, -0.1) is 6.42 Å². The standard InChI is InChI=1S/C15H21NO3/c1-5-14(18)8-10-6-7-15(10)11(9-14)16(15)12(17)19-13(2,3)4/h1,10-11,18H,6-9H2,2-4H3. The van der Waals surface area contributed by atoms with Gasteiger partial charge in [0.2, 0.25) is 0 Å². The Balaban J connectivity index is 1.78. The van der Waals surface area contributed by atoms with Gasteiger partial charge in [0.15, 0.2) is 0 Å². The Hall–Kier alpha value is -1.21. The van der Waals surface area contributed by atoms with Gasteiger partial charge < -0.3 is 9.84 Å². The predicted octanol–water partition coefficient (Wildman–Crippen LogP) is 1.91. The molecule has 4 nitrogen and oxygen atoms in total. The monoisotopic (exact) mass is 263 g/mol. The molecule has 19 heavy (non-hydrogen) atoms. The highest BCUT2D eigenvalue weighted by Crippen LogP contribution is 2.66. The van der Waals surface area contributed by atoms with Crippen LogP contribution < -0.4 is 0 Å². The number of ether oxygens (including phenoxy) is 1. The summed E-state index contributed by atoms with van der Waals surface area (Å²) in [6.07, 6.45) is 8.33. The number of terminal acetylenes is 1. The molecule has 0 aromatic heterocycles. The number of nitrogens with zero attached hydrogens (tertiary/aromatic N) is 1. The zero-order chi connectivity index (χ0) is 14.1. The third-order valence-corrected chi connectivity index (χ3v) is 4.84. The largest absolute Gasteiger partial charge is 0.444 e. The van der Waals surface area contributed by atoms with E-state index in [0.29, 0.717) is 18.8 Å². The van der Waals surface area contributed by atoms with Gasteiger partial charge in [-0.2, -0.15) is 0 Å². The van der Waals surface area contributed by atoms with Crippen molar-refractivity contribution >= 4 is 6.09 Å². The lowest BCUT2D eigenvalue weighted by atomic mass is 9.61. The molecule has 1 amide bonds. The van der Waals surface area contributed by atoms with Gasteiger partial charge in [-0.3, -0.25) is 4.90 Å². The molecule has 0 radical (unpaired) electrons. The molecule has 3 rings (SSSR count). The third kappa shape index (κ3) is 1.68. The van der Waals surface area contributed by atoms with Crippen LogP contribution in [0.5, 0.6) is 0 Å². The lowest BCUT2D eigenvalue weighted by molar-refractivity contribution is -0.000325. The minimum atomic E-state index is -1.05. The number of aliphatic hydroxyl groups is 1. The topological polar surface area (TPSA) is 49.5 Å². The first kappa shape index (κ1) is 12.8. The van der Waals surface area contributed by atoms with Crippen molar-refractivity contribution in [1.82, 2.24) is 4.90 Å². The van der Waals surface area contributed by atoms with Crippen molar-refractivity contribution in [2.75, 3.05) is 0 Å². The molecule has 1 spiro atoms. The second-order valence-corrected chi connectivity index (χ2v) is 7.18. The molecular weight excluding hydrogens is 242 g/mol. The first-order valence-corrected chi connectivity index (χ1v) is 6.94. The Morgan fingerprint density at radius 3 is 2.63 bits per heavy atom. The van der Waals surface area contributed by atoms with Crippen LogP contribution in [0, 0.1) is 18.3 Å². The maximum atomic E-state index is 12.2. The summed E-state index contributed by atoms with van der Waals surface area (Å²) in [4.78, 5) is 14.1. The summed E-state index contributed by atoms with van der Waals surface area (Å²) >= 11 is 0. The number of carbonyl (C=O) groups is 1. The number of hydrogen-bond donors (Lipinski definition) is 1. The molecule has 104 valence electrons. The van der Waals surface area contributed by atoms with Gasteiger partial charge in [0.1, 0.15) is 11.2 Å². The van der Waals surface area contributed by atoms with Gasteiger partial charge in [0.25, 0.3) is 0 Å². The fraction of sp³-hybridized carbons (Fsp3) is 0.800. The second-order valence-electron chi connectivity index (χ2n) is 7.18. The summed E-state index contributed by atoms with van der Waals surface area (Å²) in [6.45, 7) is 5.60. The number of amides is 1. The van der Waals surface area contributed by atoms with Crippen LogP contribution in [0.25, 0.3) is 0 Å². The Labute approximate surface area is 114 Å². The van der Waals surface area contributed by atoms with Crippen LogP contribution in [0.3, 0.4) is 0 Å². The summed E-state index contributed by atoms with van der Waals surface area (Å²) in [7, 11) is 0. The third-order valence-electron chi connectivity index (χ3n) is 4.84. The minimum Gasteiger partial charge on any atom is -0.444 e. The van der Waals surface area contributed by atoms with Crippen molar-refractivity contribution in [2.24, 2.45) is 5.92 Å². The molecule has 2 saturated carbocycles. The zero-order valence-corrected chi connectivity index (χ0v) is 11.8. The van der Waals surface area contributed by atoms with E-state index < -0.39 is 11.2 Å². The van der Waals surface area contributed by atoms with Crippen LogP contribution in [0.15, 0.2) is 0 Å². The summed E-state index contributed by atoms with van der Waals surface area (Å²) < 4.78 is 5.46. The summed E-state index contributed by atoms with van der Waals surface area (Å²) in [5.41, 5.74) is -1.58. The lowest BCUT2D eigenvalue weighted by Gasteiger charge is -2.44. The normalized spacial score (nSPS) is 43.4. The van der Waals surface area contributed by atoms with Crippen LogP contribution in [-0.4, -0.2) is 38.9 Å². The molecule has 1 N–H and O–H groups in total. The van der Waals surface area contributed by atoms with E-state index in [1.54, 1.807) is 0 Å². The van der Waals surface area contributed by atoms with Crippen LogP contribution in [0.1, 0.15) is 46.5 Å². The fourth-order valence-electron chi connectivity index (χ4n) is 3.89. The van der Waals surface area contributed by atoms with E-state index in [-0.39, 0.29) is 17.7 Å². The highest BCUT2D eigenvalue weighted by atomic mass is 16.6. The first-order chi connectivity index (χ1) is 8.72. The number of rotatable bonds is 0. The maximum absolute atomic E-state index is 12.2. The molecule has 3 fully saturated rings. The van der Waals surface area contributed by atoms with Crippen molar-refractivity contribution in [1.29, 1.82) is 0 Å². The van der Waals surface area contributed by atoms with Crippen LogP contribution >= 0.6 is 0 Å². The maximum Gasteiger partial charge on any atom is 0.411 e. The highest BCUT2D eigenvalue weighted by molar-refractivity contribution is 5.75. The Morgan fingerprint density at radius 2 is 2.16 bits per heavy atom. The Kier molecular flexibility index (Phi) is 2.33. The van der Waals surface area contributed by atoms with Crippen LogP contribution in [0.4, 0.5) is 4.79 Å². The van der Waals surface area contributed by atoms with Crippen molar-refractivity contribution in [3.8, 4) is 12.3 Å². The highest BCUT2D eigenvalue weighted by Gasteiger charge is 2.77. The van der Waals surface area contributed by atoms with E-state index in [1.807, 2.05) is 25.7 Å². The molecular formula is C15H21NO3. The molecule has 0 aromatic rings. The average Bonchev–Trinajstić information content (AvgIpc) is 2.93. The van der Waals surface area contributed by atoms with E-state index in [2.05, 4.69) is 5.92 Å². The quantitative estimate of drug-likeness (QED) is 0.536. The lowest BCUT2D eigenvalue weighted by Crippen LogP contribution is -2.50. The van der Waals surface area contributed by atoms with E-state index in [4.69, 9.17) is 11.2 Å². The Bertz CT molecular complexity index is 475. The van der Waals surface area contributed by atoms with Gasteiger partial charge in [-0.1, -0.05) is 5.92 Å². The second kappa shape index (κ2) is 3.46. The number of hydrogen-bond acceptors (Lipinski definition) is 3. The molecule has 4 atom stereocenters. The SMILES string of the molecule is C#CC1(O)CC2CCC23C(C1)N3C(=O)OC(C)(C)C. The van der Waals surface area contributed by atoms with Crippen molar-refractivity contribution < 1.29 is 14.6 Å². The molecule has 1 aliphatic heterocycles. The zero-order valence-electron chi connectivity index (χ0n) is 11.8. The smallest absolute Gasteiger partial charge is 0.411 e. The van der Waals surface area contributed by atoms with Crippen LogP contribution in [0.2, 0.25) is 0 Å². The summed E-state index contributed by atoms with van der Waals surface area (Å²) in [6, 6.07) is 0.0656. The number of likely N-dealkylation sites (tertiary alicyclic amines) is 1. The molecule has 1 heterocycles. The molecule has 0 bridgehead atoms. The van der Waals surface area contributed by atoms with Gasteiger partial charge in [-0.05, 0) is 46.0 Å². The van der Waals surface area contributed by atoms with E-state index >= 15 is 0 Å². The van der Waals surface area contributed by atoms with Gasteiger partial charge in [0.05, 0.1) is 11.6 Å². The van der Waals surface area contributed by atoms with Gasteiger partial charge >= 0.3 is 6.09 Å². The van der Waals surface area contributed by atoms with Crippen LogP contribution in [-0.2, 0) is 4.74 Å². The minimum absolute atomic E-state index is 0.0502. The molecule has 4 unspecified atom stereocenters. The Morgan fingerprint density at radius 1 is 1.47 bits per heavy atom. The molecule has 4 heteroatoms. The number of carbonyl (C=O) groups excluding carboxylic acids is 1. The van der Waals surface area contributed by atoms with Crippen molar-refractivity contribution in [2.45, 2.75) is 69.2 Å². The van der Waals surface area contributed by atoms with Gasteiger partial charge in [0, 0.05) is 6.42 Å². The van der Waals surface area contributed by atoms with Crippen molar-refractivity contribution in [3.63, 3.8) is 0 Å². The van der Waals surface area contributed by atoms with Gasteiger partial charge in [-0.25, -0.2) is 4.79 Å². The molecule has 3 aliphatic rings. The molecule has 0 aromatic carbocycles. The van der Waals surface area contributed by atoms with E-state index in [0.717, 1.165) is 12.8 Å². The summed E-state index contributed by atoms with van der Waals surface area (Å²) in [5.74, 6) is 2.84. The molecule has 2 aliphatic carbocycles. The average molecular weight is 263 g/mol. The van der Waals surface area contributed by atoms with E-state index in [1.165, 1.54) is 0 Å². The van der Waals surface area contributed by atoms with E-state index in [9.17, 15) is 9.90 Å². The first-order valence-electron chi connectivity index (χ1n) is 6.94. The fourth-order valence-corrected chi connectivity index (χ4v) is 3.89. The van der Waals surface area contributed by atoms with Crippen molar-refractivity contribution in [3.05, 3.63) is 0 Å². The summed E-state index contributed by atoms with van der Waals surface area (Å²) in [5, 5.41) is 10.3.